The summed E-state index contributed by atoms with van der Waals surface area (Å²) in [5.41, 5.74) is -1.96. The highest BCUT2D eigenvalue weighted by Crippen LogP contribution is 2.43. The van der Waals surface area contributed by atoms with Crippen LogP contribution in [0.25, 0.3) is 0 Å². The first-order valence-corrected chi connectivity index (χ1v) is 7.57. The van der Waals surface area contributed by atoms with E-state index >= 15 is 0 Å². The normalized spacial score (nSPS) is 14.9. The largest absolute Gasteiger partial charge is 0.417 e. The number of alkyl halides is 3. The Hall–Kier alpha value is -0.880. The smallest absolute Gasteiger partial charge is 0.324 e. The summed E-state index contributed by atoms with van der Waals surface area (Å²) < 4.78 is 54.2. The third-order valence-electron chi connectivity index (χ3n) is 2.26. The van der Waals surface area contributed by atoms with Gasteiger partial charge in [-0.1, -0.05) is 11.6 Å². The van der Waals surface area contributed by atoms with Crippen LogP contribution in [0.4, 0.5) is 13.2 Å². The van der Waals surface area contributed by atoms with E-state index in [1.807, 2.05) is 0 Å². The molecule has 4 nitrogen and oxygen atoms in total. The van der Waals surface area contributed by atoms with Gasteiger partial charge < -0.3 is 9.42 Å². The van der Waals surface area contributed by atoms with Crippen LogP contribution in [0.3, 0.4) is 0 Å². The van der Waals surface area contributed by atoms with Crippen LogP contribution in [-0.4, -0.2) is 23.4 Å². The molecular formula is C11H11ClF3O4P. The number of halogens is 4. The summed E-state index contributed by atoms with van der Waals surface area (Å²) in [6.45, 7) is 1.29. The van der Waals surface area contributed by atoms with Crippen molar-refractivity contribution in [3.63, 3.8) is 0 Å². The van der Waals surface area contributed by atoms with Crippen molar-refractivity contribution >= 4 is 25.0 Å². The van der Waals surface area contributed by atoms with E-state index in [0.717, 1.165) is 12.1 Å². The number of ketones is 1. The molecule has 9 heteroatoms. The van der Waals surface area contributed by atoms with Crippen molar-refractivity contribution in [1.29, 1.82) is 0 Å². The first-order chi connectivity index (χ1) is 9.07. The molecule has 0 bridgehead atoms. The van der Waals surface area contributed by atoms with Gasteiger partial charge in [0.1, 0.15) is 6.16 Å². The van der Waals surface area contributed by atoms with Gasteiger partial charge in [0.2, 0.25) is 0 Å². The number of carbonyl (C=O) groups excluding carboxylic acids is 1. The van der Waals surface area contributed by atoms with Gasteiger partial charge in [-0.3, -0.25) is 9.36 Å². The summed E-state index contributed by atoms with van der Waals surface area (Å²) in [6.07, 6.45) is -5.80. The summed E-state index contributed by atoms with van der Waals surface area (Å²) in [7, 11) is -4.26. The van der Waals surface area contributed by atoms with Gasteiger partial charge in [-0.25, -0.2) is 0 Å². The molecule has 1 unspecified atom stereocenters. The molecule has 1 N–H and O–H groups in total. The maximum atomic E-state index is 12.8. The zero-order valence-corrected chi connectivity index (χ0v) is 11.9. The van der Waals surface area contributed by atoms with E-state index in [2.05, 4.69) is 4.52 Å². The Bertz CT molecular complexity index is 559. The minimum atomic E-state index is -4.76. The number of hydrogen-bond acceptors (Lipinski definition) is 3. The van der Waals surface area contributed by atoms with Gasteiger partial charge >= 0.3 is 13.8 Å². The molecule has 0 aliphatic heterocycles. The van der Waals surface area contributed by atoms with Crippen LogP contribution in [0.15, 0.2) is 18.2 Å². The number of rotatable bonds is 5. The predicted octanol–water partition coefficient (Wildman–Crippen LogP) is 3.76. The molecule has 112 valence electrons. The van der Waals surface area contributed by atoms with Gasteiger partial charge in [0.25, 0.3) is 0 Å². The van der Waals surface area contributed by atoms with Crippen LogP contribution in [0, 0.1) is 0 Å². The highest BCUT2D eigenvalue weighted by Gasteiger charge is 2.36. The first-order valence-electron chi connectivity index (χ1n) is 5.43. The molecule has 1 aromatic carbocycles. The fourth-order valence-corrected chi connectivity index (χ4v) is 2.71. The second-order valence-electron chi connectivity index (χ2n) is 3.82. The summed E-state index contributed by atoms with van der Waals surface area (Å²) >= 11 is 5.56. The lowest BCUT2D eigenvalue weighted by atomic mass is 10.0. The van der Waals surface area contributed by atoms with Gasteiger partial charge in [0.05, 0.1) is 12.2 Å². The van der Waals surface area contributed by atoms with Gasteiger partial charge in [0, 0.05) is 10.6 Å². The Morgan fingerprint density at radius 3 is 2.55 bits per heavy atom. The Labute approximate surface area is 118 Å². The van der Waals surface area contributed by atoms with Crippen molar-refractivity contribution in [3.05, 3.63) is 34.3 Å². The lowest BCUT2D eigenvalue weighted by molar-refractivity contribution is -0.137. The molecule has 1 rings (SSSR count). The molecule has 0 radical (unpaired) electrons. The average molecular weight is 331 g/mol. The van der Waals surface area contributed by atoms with Gasteiger partial charge in [-0.2, -0.15) is 13.2 Å². The fourth-order valence-electron chi connectivity index (χ4n) is 1.51. The summed E-state index contributed by atoms with van der Waals surface area (Å²) in [4.78, 5) is 21.1. The Morgan fingerprint density at radius 1 is 1.45 bits per heavy atom. The van der Waals surface area contributed by atoms with E-state index in [9.17, 15) is 27.4 Å². The lowest BCUT2D eigenvalue weighted by Crippen LogP contribution is -2.16. The molecule has 1 atom stereocenters. The van der Waals surface area contributed by atoms with Crippen molar-refractivity contribution in [2.24, 2.45) is 0 Å². The zero-order chi connectivity index (χ0) is 15.6. The predicted molar refractivity (Wildman–Crippen MR) is 67.1 cm³/mol. The first kappa shape index (κ1) is 17.2. The van der Waals surface area contributed by atoms with Crippen LogP contribution >= 0.6 is 19.2 Å². The molecule has 20 heavy (non-hydrogen) atoms. The van der Waals surface area contributed by atoms with E-state index in [1.165, 1.54) is 6.92 Å². The molecule has 0 aromatic heterocycles. The number of benzene rings is 1. The second-order valence-corrected chi connectivity index (χ2v) is 6.11. The van der Waals surface area contributed by atoms with Crippen LogP contribution in [0.2, 0.25) is 5.02 Å². The van der Waals surface area contributed by atoms with Crippen molar-refractivity contribution in [1.82, 2.24) is 0 Å². The molecule has 0 saturated carbocycles. The van der Waals surface area contributed by atoms with Crippen LogP contribution in [-0.2, 0) is 15.3 Å². The topological polar surface area (TPSA) is 63.6 Å². The minimum Gasteiger partial charge on any atom is -0.324 e. The summed E-state index contributed by atoms with van der Waals surface area (Å²) in [6, 6.07) is 2.46. The average Bonchev–Trinajstić information content (AvgIpc) is 2.26. The van der Waals surface area contributed by atoms with Crippen molar-refractivity contribution in [3.8, 4) is 0 Å². The Balaban J connectivity index is 3.16. The van der Waals surface area contributed by atoms with Crippen LogP contribution in [0.1, 0.15) is 22.8 Å². The molecule has 0 amide bonds. The fraction of sp³-hybridized carbons (Fsp3) is 0.364. The highest BCUT2D eigenvalue weighted by molar-refractivity contribution is 7.53. The molecule has 0 aliphatic rings. The zero-order valence-electron chi connectivity index (χ0n) is 10.3. The minimum absolute atomic E-state index is 0.0782. The Morgan fingerprint density at radius 2 is 2.05 bits per heavy atom. The van der Waals surface area contributed by atoms with Crippen LogP contribution in [0.5, 0.6) is 0 Å². The number of hydrogen-bond donors (Lipinski definition) is 1. The van der Waals surface area contributed by atoms with Gasteiger partial charge in [-0.05, 0) is 25.1 Å². The monoisotopic (exact) mass is 330 g/mol. The quantitative estimate of drug-likeness (QED) is 0.659. The van der Waals surface area contributed by atoms with E-state index in [4.69, 9.17) is 11.6 Å². The number of Topliss-reactive ketones (excluding diaryl/α,β-unsaturated/α-hetero) is 1. The van der Waals surface area contributed by atoms with Crippen LogP contribution < -0.4 is 0 Å². The van der Waals surface area contributed by atoms with Gasteiger partial charge in [0.15, 0.2) is 5.78 Å². The van der Waals surface area contributed by atoms with Crippen molar-refractivity contribution < 1.29 is 31.9 Å². The third kappa shape index (κ3) is 4.59. The molecule has 0 heterocycles. The maximum Gasteiger partial charge on any atom is 0.417 e. The maximum absolute atomic E-state index is 12.8. The number of carbonyl (C=O) groups is 1. The molecule has 0 saturated heterocycles. The summed E-state index contributed by atoms with van der Waals surface area (Å²) in [5, 5.41) is -0.0782. The van der Waals surface area contributed by atoms with Gasteiger partial charge in [-0.15, -0.1) is 0 Å². The SMILES string of the molecule is CCOP(=O)(O)CC(=O)c1cc(Cl)ccc1C(F)(F)F. The van der Waals surface area contributed by atoms with E-state index in [1.54, 1.807) is 0 Å². The van der Waals surface area contributed by atoms with E-state index < -0.39 is 36.8 Å². The second kappa shape index (κ2) is 6.26. The molecular weight excluding hydrogens is 320 g/mol. The lowest BCUT2D eigenvalue weighted by Gasteiger charge is -2.14. The molecule has 0 spiro atoms. The van der Waals surface area contributed by atoms with Crippen molar-refractivity contribution in [2.45, 2.75) is 13.1 Å². The molecule has 1 aromatic rings. The van der Waals surface area contributed by atoms with E-state index in [-0.39, 0.29) is 11.6 Å². The molecule has 0 aliphatic carbocycles. The third-order valence-corrected chi connectivity index (χ3v) is 3.85. The standard InChI is InChI=1S/C11H11ClF3O4P/c1-2-19-20(17,18)6-10(16)8-5-7(12)3-4-9(8)11(13,14)15/h3-5H,2,6H2,1H3,(H,17,18). The van der Waals surface area contributed by atoms with Crippen molar-refractivity contribution in [2.75, 3.05) is 12.8 Å². The Kier molecular flexibility index (Phi) is 5.38. The molecule has 0 fully saturated rings. The summed E-state index contributed by atoms with van der Waals surface area (Å²) in [5.74, 6) is -1.15. The van der Waals surface area contributed by atoms with E-state index in [0.29, 0.717) is 6.07 Å². The highest BCUT2D eigenvalue weighted by atomic mass is 35.5.